The fraction of sp³-hybridized carbons (Fsp3) is 0.250. The molecule has 0 unspecified atom stereocenters. The minimum Gasteiger partial charge on any atom is -0.369 e. The number of nitrogens with one attached hydrogen (secondary N) is 1. The third kappa shape index (κ3) is 1.29. The maximum atomic E-state index is 10.8. The molecule has 3 N–H and O–H groups in total. The van der Waals surface area contributed by atoms with Gasteiger partial charge in [0.1, 0.15) is 0 Å². The largest absolute Gasteiger partial charge is 0.369 e. The van der Waals surface area contributed by atoms with E-state index < -0.39 is 16.1 Å². The Kier molecular flexibility index (Phi) is 1.77. The highest BCUT2D eigenvalue weighted by Crippen LogP contribution is 2.24. The highest BCUT2D eigenvalue weighted by Gasteiger charge is 2.45. The van der Waals surface area contributed by atoms with Gasteiger partial charge in [-0.25, -0.2) is 0 Å². The van der Waals surface area contributed by atoms with Gasteiger partial charge in [-0.3, -0.25) is 14.9 Å². The highest BCUT2D eigenvalue weighted by molar-refractivity contribution is 6.68. The number of hydrogen-bond donors (Lipinski definition) is 2. The lowest BCUT2D eigenvalue weighted by atomic mass is 10.3. The summed E-state index contributed by atoms with van der Waals surface area (Å²) in [7, 11) is 0. The van der Waals surface area contributed by atoms with Gasteiger partial charge in [-0.2, -0.15) is 4.99 Å². The van der Waals surface area contributed by atoms with Crippen molar-refractivity contribution in [3.63, 3.8) is 0 Å². The van der Waals surface area contributed by atoms with Gasteiger partial charge in [0.25, 0.3) is 16.1 Å². The monoisotopic (exact) mass is 195 g/mol. The quantitative estimate of drug-likeness (QED) is 0.390. The van der Waals surface area contributed by atoms with E-state index in [0.717, 1.165) is 0 Å². The van der Waals surface area contributed by atoms with E-state index in [2.05, 4.69) is 4.99 Å². The molecule has 0 spiro atoms. The number of guanidine groups is 1. The Morgan fingerprint density at radius 2 is 2.00 bits per heavy atom. The lowest BCUT2D eigenvalue weighted by Gasteiger charge is -2.18. The highest BCUT2D eigenvalue weighted by atomic mass is 35.5. The normalized spacial score (nSPS) is 22.5. The van der Waals surface area contributed by atoms with Crippen LogP contribution in [0.15, 0.2) is 4.99 Å². The van der Waals surface area contributed by atoms with Gasteiger partial charge in [0, 0.05) is 0 Å². The summed E-state index contributed by atoms with van der Waals surface area (Å²) in [4.78, 5) is 24.7. The summed E-state index contributed by atoms with van der Waals surface area (Å²) in [5.74, 6) is -2.14. The Morgan fingerprint density at radius 1 is 1.45 bits per heavy atom. The lowest BCUT2D eigenvalue weighted by Crippen LogP contribution is -2.53. The van der Waals surface area contributed by atoms with E-state index in [4.69, 9.17) is 28.9 Å². The van der Waals surface area contributed by atoms with Crippen LogP contribution in [0, 0.1) is 0 Å². The molecule has 0 aromatic rings. The first-order valence-electron chi connectivity index (χ1n) is 2.52. The van der Waals surface area contributed by atoms with Crippen LogP contribution in [-0.2, 0) is 9.59 Å². The first-order valence-corrected chi connectivity index (χ1v) is 3.28. The number of hydrogen-bond acceptors (Lipinski definition) is 3. The molecule has 5 nitrogen and oxygen atoms in total. The zero-order valence-corrected chi connectivity index (χ0v) is 6.61. The van der Waals surface area contributed by atoms with Gasteiger partial charge in [0.05, 0.1) is 0 Å². The number of halogens is 2. The van der Waals surface area contributed by atoms with Crippen LogP contribution in [-0.4, -0.2) is 22.1 Å². The summed E-state index contributed by atoms with van der Waals surface area (Å²) >= 11 is 10.6. The molecular formula is C4H3Cl2N3O2. The minimum atomic E-state index is -2.14. The molecule has 0 atom stereocenters. The summed E-state index contributed by atoms with van der Waals surface area (Å²) < 4.78 is -2.14. The third-order valence-electron chi connectivity index (χ3n) is 1.02. The van der Waals surface area contributed by atoms with E-state index in [1.807, 2.05) is 5.32 Å². The molecule has 7 heteroatoms. The summed E-state index contributed by atoms with van der Waals surface area (Å²) in [5, 5.41) is 2.00. The second kappa shape index (κ2) is 2.35. The minimum absolute atomic E-state index is 0.295. The Morgan fingerprint density at radius 3 is 2.45 bits per heavy atom. The third-order valence-corrected chi connectivity index (χ3v) is 1.68. The van der Waals surface area contributed by atoms with Crippen LogP contribution in [0.4, 0.5) is 0 Å². The van der Waals surface area contributed by atoms with E-state index >= 15 is 0 Å². The molecule has 0 aromatic heterocycles. The predicted octanol–water partition coefficient (Wildman–Crippen LogP) is -0.869. The summed E-state index contributed by atoms with van der Waals surface area (Å²) in [6.45, 7) is 0. The van der Waals surface area contributed by atoms with Crippen molar-refractivity contribution >= 4 is 41.0 Å². The number of nitrogens with two attached hydrogens (primary N) is 1. The van der Waals surface area contributed by atoms with Crippen LogP contribution in [0.3, 0.4) is 0 Å². The van der Waals surface area contributed by atoms with Gasteiger partial charge in [-0.15, -0.1) is 0 Å². The molecule has 1 aliphatic heterocycles. The van der Waals surface area contributed by atoms with Crippen molar-refractivity contribution in [2.75, 3.05) is 0 Å². The van der Waals surface area contributed by atoms with Gasteiger partial charge in [0.15, 0.2) is 0 Å². The number of alkyl halides is 2. The molecule has 11 heavy (non-hydrogen) atoms. The van der Waals surface area contributed by atoms with Crippen molar-refractivity contribution in [2.45, 2.75) is 4.33 Å². The van der Waals surface area contributed by atoms with E-state index in [0.29, 0.717) is 0 Å². The van der Waals surface area contributed by atoms with Crippen molar-refractivity contribution in [3.8, 4) is 0 Å². The van der Waals surface area contributed by atoms with Crippen molar-refractivity contribution in [2.24, 2.45) is 10.7 Å². The summed E-state index contributed by atoms with van der Waals surface area (Å²) in [6.07, 6.45) is 0. The first kappa shape index (κ1) is 8.29. The SMILES string of the molecule is NC1=NC(=O)C(Cl)(Cl)C(=O)N1. The number of carbonyl (C=O) groups excluding carboxylic acids is 2. The second-order valence-corrected chi connectivity index (χ2v) is 3.16. The van der Waals surface area contributed by atoms with Crippen LogP contribution in [0.1, 0.15) is 0 Å². The van der Waals surface area contributed by atoms with Crippen LogP contribution >= 0.6 is 23.2 Å². The van der Waals surface area contributed by atoms with Crippen LogP contribution in [0.5, 0.6) is 0 Å². The molecule has 2 amide bonds. The molecule has 0 saturated carbocycles. The maximum absolute atomic E-state index is 10.8. The number of nitrogens with zero attached hydrogens (tertiary/aromatic N) is 1. The van der Waals surface area contributed by atoms with Crippen molar-refractivity contribution in [1.82, 2.24) is 5.32 Å². The standard InChI is InChI=1S/C4H3Cl2N3O2/c5-4(6)1(10)8-3(7)9-2(4)11/h(H3,7,8,9,10,11). The van der Waals surface area contributed by atoms with Gasteiger partial charge in [0.2, 0.25) is 5.96 Å². The van der Waals surface area contributed by atoms with Crippen molar-refractivity contribution < 1.29 is 9.59 Å². The Bertz CT molecular complexity index is 260. The number of rotatable bonds is 0. The Balaban J connectivity index is 3.06. The molecule has 0 aromatic carbocycles. The molecule has 1 rings (SSSR count). The summed E-state index contributed by atoms with van der Waals surface area (Å²) in [6, 6.07) is 0. The molecule has 0 bridgehead atoms. The van der Waals surface area contributed by atoms with Crippen LogP contribution in [0.25, 0.3) is 0 Å². The molecule has 0 aliphatic carbocycles. The fourth-order valence-electron chi connectivity index (χ4n) is 0.499. The van der Waals surface area contributed by atoms with Gasteiger partial charge < -0.3 is 5.73 Å². The zero-order chi connectivity index (χ0) is 8.65. The average Bonchev–Trinajstić information content (AvgIpc) is 1.84. The first-order chi connectivity index (χ1) is 4.94. The molecule has 0 radical (unpaired) electrons. The van der Waals surface area contributed by atoms with Crippen molar-refractivity contribution in [3.05, 3.63) is 0 Å². The van der Waals surface area contributed by atoms with E-state index in [1.54, 1.807) is 0 Å². The molecule has 0 saturated heterocycles. The molecular weight excluding hydrogens is 193 g/mol. The smallest absolute Gasteiger partial charge is 0.295 e. The molecule has 0 fully saturated rings. The average molecular weight is 196 g/mol. The maximum Gasteiger partial charge on any atom is 0.295 e. The molecule has 1 aliphatic rings. The second-order valence-electron chi connectivity index (χ2n) is 1.83. The van der Waals surface area contributed by atoms with Gasteiger partial charge >= 0.3 is 0 Å². The van der Waals surface area contributed by atoms with Crippen molar-refractivity contribution in [1.29, 1.82) is 0 Å². The Labute approximate surface area is 71.5 Å². The number of amides is 2. The number of aliphatic imine (C=N–C) groups is 1. The predicted molar refractivity (Wildman–Crippen MR) is 39.2 cm³/mol. The zero-order valence-electron chi connectivity index (χ0n) is 5.10. The molecule has 60 valence electrons. The van der Waals surface area contributed by atoms with Gasteiger partial charge in [-0.05, 0) is 0 Å². The molecule has 1 heterocycles. The Hall–Kier alpha value is -0.810. The summed E-state index contributed by atoms with van der Waals surface area (Å²) in [5.41, 5.74) is 5.02. The van der Waals surface area contributed by atoms with E-state index in [1.165, 1.54) is 0 Å². The lowest BCUT2D eigenvalue weighted by molar-refractivity contribution is -0.128. The van der Waals surface area contributed by atoms with Crippen LogP contribution in [0.2, 0.25) is 0 Å². The number of carbonyl (C=O) groups is 2. The topological polar surface area (TPSA) is 84.5 Å². The fourth-order valence-corrected chi connectivity index (χ4v) is 0.679. The van der Waals surface area contributed by atoms with E-state index in [9.17, 15) is 9.59 Å². The van der Waals surface area contributed by atoms with E-state index in [-0.39, 0.29) is 5.96 Å². The van der Waals surface area contributed by atoms with Crippen LogP contribution < -0.4 is 11.1 Å². The van der Waals surface area contributed by atoms with Gasteiger partial charge in [-0.1, -0.05) is 23.2 Å².